The van der Waals surface area contributed by atoms with Crippen molar-refractivity contribution in [3.05, 3.63) is 0 Å². The topological polar surface area (TPSA) is 818 Å². The van der Waals surface area contributed by atoms with Gasteiger partial charge < -0.3 is 244 Å². The number of ether oxygens (including phenoxy) is 19. The molecule has 0 bridgehead atoms. The molecule has 0 aromatic carbocycles. The Labute approximate surface area is 686 Å². The molecule has 0 aliphatic carbocycles. The van der Waals surface area contributed by atoms with Gasteiger partial charge in [0.15, 0.2) is 62.9 Å². The summed E-state index contributed by atoms with van der Waals surface area (Å²) in [7, 11) is 0. The molecule has 0 aromatic heterocycles. The van der Waals surface area contributed by atoms with Crippen LogP contribution in [0, 0.1) is 0 Å². The van der Waals surface area contributed by atoms with Crippen LogP contribution in [0.1, 0.15) is 41.5 Å². The molecule has 700 valence electrons. The molecule has 10 saturated heterocycles. The van der Waals surface area contributed by atoms with E-state index in [4.69, 9.17) is 90.0 Å². The van der Waals surface area contributed by atoms with E-state index in [9.17, 15) is 152 Å². The maximum absolute atomic E-state index is 13.3. The first-order valence-corrected chi connectivity index (χ1v) is 38.9. The van der Waals surface area contributed by atoms with Crippen LogP contribution in [0.2, 0.25) is 0 Å². The summed E-state index contributed by atoms with van der Waals surface area (Å²) in [4.78, 5) is 52.6. The maximum atomic E-state index is 13.3. The second-order valence-electron chi connectivity index (χ2n) is 30.9. The molecule has 1 unspecified atom stereocenters. The normalized spacial score (nSPS) is 50.0. The van der Waals surface area contributed by atoms with Crippen LogP contribution in [0.15, 0.2) is 0 Å². The van der Waals surface area contributed by atoms with Gasteiger partial charge in [-0.2, -0.15) is 0 Å². The first kappa shape index (κ1) is 99.2. The van der Waals surface area contributed by atoms with Crippen LogP contribution in [0.5, 0.6) is 0 Å². The summed E-state index contributed by atoms with van der Waals surface area (Å²) in [5.74, 6) is -3.82. The predicted molar refractivity (Wildman–Crippen MR) is 373 cm³/mol. The van der Waals surface area contributed by atoms with Gasteiger partial charge in [-0.15, -0.1) is 0 Å². The van der Waals surface area contributed by atoms with Gasteiger partial charge in [-0.05, 0) is 13.8 Å². The van der Waals surface area contributed by atoms with Crippen molar-refractivity contribution in [2.24, 2.45) is 0 Å². The zero-order valence-corrected chi connectivity index (χ0v) is 65.5. The lowest BCUT2D eigenvalue weighted by Crippen LogP contribution is -2.71. The Morgan fingerprint density at radius 1 is 0.231 bits per heavy atom. The average Bonchev–Trinajstić information content (AvgIpc) is 0.765. The minimum atomic E-state index is -2.36. The van der Waals surface area contributed by atoms with Crippen molar-refractivity contribution in [3.8, 4) is 0 Å². The molecule has 121 heavy (non-hydrogen) atoms. The van der Waals surface area contributed by atoms with Gasteiger partial charge in [0.25, 0.3) is 0 Å². The fraction of sp³-hybridized carbons (Fsp3) is 0.941. The SMILES string of the molecule is CC(=O)N[C@H]1[C@H](OC[C@H]2OC(O)[C@H](NC(C)=O)[C@@H](O[C@@H]3O[C@H](CO)[C@H](O)[C@H](O[C@H]4O[C@H](CO)[C@H](O)[C@H](O[C@H]5O[C@H](CO)[C@H](O)[C@H](O)[C@H]5O)[C@H]4NC(C)=O)[C@H]3O[C@@H]3O[C@@H](C)[C@@H](O)[C@@H](O)[C@@H]3O)[C@H]2O)O[C@H](CO)[C@@H](O[C@@H]2O[C@H](CO)[C@H](O)[C@H](O[C@H]3O[C@H](CO)[C@H](O)[C@H](O[C@H]4O[C@H](CO)[C@H](O)[C@H](O)[C@H]4O)[C@H]3NC(C)=O)[C@H]2O[C@@H]2O[C@@H](C)[C@@H](O)[C@@H](O)[C@@H]2O)[C@@H]1O. The smallest absolute Gasteiger partial charge is 0.217 e. The van der Waals surface area contributed by atoms with Gasteiger partial charge in [-0.25, -0.2) is 0 Å². The first-order valence-electron chi connectivity index (χ1n) is 38.9. The highest BCUT2D eigenvalue weighted by Gasteiger charge is 2.63. The molecule has 0 saturated carbocycles. The van der Waals surface area contributed by atoms with Crippen molar-refractivity contribution in [1.29, 1.82) is 0 Å². The third-order valence-electron chi connectivity index (χ3n) is 22.4. The van der Waals surface area contributed by atoms with Crippen molar-refractivity contribution >= 4 is 23.6 Å². The lowest BCUT2D eigenvalue weighted by molar-refractivity contribution is -0.402. The van der Waals surface area contributed by atoms with Crippen LogP contribution in [0.25, 0.3) is 0 Å². The third-order valence-corrected chi connectivity index (χ3v) is 22.4. The van der Waals surface area contributed by atoms with E-state index in [0.717, 1.165) is 27.7 Å². The molecule has 10 rings (SSSR count). The van der Waals surface area contributed by atoms with E-state index in [1.54, 1.807) is 0 Å². The number of aliphatic hydroxyl groups excluding tert-OH is 26. The highest BCUT2D eigenvalue weighted by molar-refractivity contribution is 5.74. The van der Waals surface area contributed by atoms with Crippen molar-refractivity contribution in [2.75, 3.05) is 52.9 Å². The molecule has 53 nitrogen and oxygen atoms in total. The summed E-state index contributed by atoms with van der Waals surface area (Å²) < 4.78 is 115. The molecular weight excluding hydrogens is 1660 g/mol. The van der Waals surface area contributed by atoms with E-state index in [0.29, 0.717) is 0 Å². The highest BCUT2D eigenvalue weighted by Crippen LogP contribution is 2.42. The highest BCUT2D eigenvalue weighted by atomic mass is 16.8. The van der Waals surface area contributed by atoms with Crippen molar-refractivity contribution in [3.63, 3.8) is 0 Å². The molecule has 10 fully saturated rings. The van der Waals surface area contributed by atoms with E-state index in [1.807, 2.05) is 0 Å². The minimum Gasteiger partial charge on any atom is -0.394 e. The molecule has 0 aromatic rings. The van der Waals surface area contributed by atoms with Crippen molar-refractivity contribution in [2.45, 2.75) is 348 Å². The van der Waals surface area contributed by atoms with Gasteiger partial charge in [0.05, 0.1) is 65.1 Å². The number of carbonyl (C=O) groups excluding carboxylic acids is 4. The molecule has 10 aliphatic heterocycles. The number of aliphatic hydroxyl groups is 26. The zero-order valence-electron chi connectivity index (χ0n) is 65.5. The number of rotatable bonds is 30. The van der Waals surface area contributed by atoms with Crippen molar-refractivity contribution in [1.82, 2.24) is 21.3 Å². The number of hydrogen-bond acceptors (Lipinski definition) is 49. The summed E-state index contributed by atoms with van der Waals surface area (Å²) >= 11 is 0. The van der Waals surface area contributed by atoms with Crippen LogP contribution >= 0.6 is 0 Å². The standard InChI is InChI=1S/C68H114N4O49/c1-15-33(84)43(94)47(98)63(104-15)120-57-55(118-61-31(71-19(5)82)53(37(88)23(9-75)107-61)115-65-49(100)45(96)35(86)21(7-73)109-65)39(90)25(11-77)111-67(57)114-51-27(13-79)113-60(29(42(51)93)69-17(3)80)103-14-28-41(92)52(30(59(102)106-28)70-18(4)81)117-68-58(121-64-48(99)44(95)34(85)16(2)105-64)56(40(91)26(12-78)112-68)119-62-32(72-20(6)83)54(38(89)24(10-76)108-62)116-66-50(101)46(97)36(87)22(8-74)110-66/h15-16,21-68,73-79,84-102H,7-14H2,1-6H3,(H,69,80)(H,70,81)(H,71,82)(H,72,83)/t15-,16-,21+,22+,23+,24+,25+,26+,27+,28+,29+,30+,31+,32+,33+,34+,35-,36-,37-,38-,39-,40-,41-,42+,43+,44+,45-,46-,47-,48-,49+,50+,51+,52+,53+,54+,55-,56-,57+,58+,59?,60+,61+,62+,63-,64-,65+,66+,67-,68-/m0/s1. The third kappa shape index (κ3) is 21.8. The van der Waals surface area contributed by atoms with Crippen LogP contribution < -0.4 is 21.3 Å². The summed E-state index contributed by atoms with van der Waals surface area (Å²) in [6, 6.07) is -7.76. The zero-order chi connectivity index (χ0) is 89.1. The Hall–Kier alpha value is -3.92. The lowest BCUT2D eigenvalue weighted by atomic mass is 9.93. The van der Waals surface area contributed by atoms with Gasteiger partial charge in [-0.1, -0.05) is 0 Å². The fourth-order valence-corrected chi connectivity index (χ4v) is 15.8. The molecule has 30 N–H and O–H groups in total. The average molecular weight is 1770 g/mol. The number of amides is 4. The Morgan fingerprint density at radius 2 is 0.488 bits per heavy atom. The Balaban J connectivity index is 0.950. The largest absolute Gasteiger partial charge is 0.394 e. The summed E-state index contributed by atoms with van der Waals surface area (Å²) in [6.07, 6.45) is -94.6. The second kappa shape index (κ2) is 43.0. The van der Waals surface area contributed by atoms with Crippen LogP contribution in [0.4, 0.5) is 0 Å². The molecule has 53 heteroatoms. The molecule has 50 atom stereocenters. The summed E-state index contributed by atoms with van der Waals surface area (Å²) in [6.45, 7) is -2.66. The molecule has 0 spiro atoms. The fourth-order valence-electron chi connectivity index (χ4n) is 15.8. The monoisotopic (exact) mass is 1770 g/mol. The number of carbonyl (C=O) groups is 4. The van der Waals surface area contributed by atoms with Gasteiger partial charge in [0.1, 0.15) is 232 Å². The van der Waals surface area contributed by atoms with E-state index in [-0.39, 0.29) is 0 Å². The quantitative estimate of drug-likeness (QED) is 0.0318. The summed E-state index contributed by atoms with van der Waals surface area (Å²) in [5, 5.41) is 299. The molecule has 4 amide bonds. The van der Waals surface area contributed by atoms with Crippen LogP contribution in [-0.4, -0.2) is 516 Å². The summed E-state index contributed by atoms with van der Waals surface area (Å²) in [5.41, 5.74) is 0. The van der Waals surface area contributed by atoms with E-state index < -0.39 is 383 Å². The molecule has 10 heterocycles. The van der Waals surface area contributed by atoms with Crippen LogP contribution in [-0.2, 0) is 109 Å². The predicted octanol–water partition coefficient (Wildman–Crippen LogP) is -20.2. The van der Waals surface area contributed by atoms with E-state index >= 15 is 0 Å². The van der Waals surface area contributed by atoms with Crippen molar-refractivity contribution < 1.29 is 242 Å². The van der Waals surface area contributed by atoms with Gasteiger partial charge in [-0.3, -0.25) is 19.2 Å². The number of hydrogen-bond donors (Lipinski definition) is 30. The number of nitrogens with one attached hydrogen (secondary N) is 4. The molecular formula is C68H114N4O49. The van der Waals surface area contributed by atoms with E-state index in [1.165, 1.54) is 13.8 Å². The minimum absolute atomic E-state index is 0.936. The van der Waals surface area contributed by atoms with Gasteiger partial charge in [0, 0.05) is 27.7 Å². The Kier molecular flexibility index (Phi) is 35.3. The second-order valence-corrected chi connectivity index (χ2v) is 30.9. The Morgan fingerprint density at radius 3 is 0.851 bits per heavy atom. The maximum Gasteiger partial charge on any atom is 0.217 e. The first-order chi connectivity index (χ1) is 57.2. The van der Waals surface area contributed by atoms with Gasteiger partial charge in [0.2, 0.25) is 23.6 Å². The lowest BCUT2D eigenvalue weighted by Gasteiger charge is -2.52. The Bertz CT molecular complexity index is 3270. The molecule has 10 aliphatic rings. The van der Waals surface area contributed by atoms with E-state index in [2.05, 4.69) is 21.3 Å². The molecule has 0 radical (unpaired) electrons. The van der Waals surface area contributed by atoms with Crippen LogP contribution in [0.3, 0.4) is 0 Å². The van der Waals surface area contributed by atoms with Gasteiger partial charge >= 0.3 is 0 Å².